The SMILES string of the molecule is NCc1ccc(N2CCOc3ccccc3C2)cc1. The van der Waals surface area contributed by atoms with Gasteiger partial charge in [0.15, 0.2) is 0 Å². The highest BCUT2D eigenvalue weighted by Crippen LogP contribution is 2.26. The van der Waals surface area contributed by atoms with Crippen molar-refractivity contribution in [2.75, 3.05) is 18.1 Å². The van der Waals surface area contributed by atoms with Gasteiger partial charge in [0, 0.05) is 24.3 Å². The predicted molar refractivity (Wildman–Crippen MR) is 77.3 cm³/mol. The van der Waals surface area contributed by atoms with Crippen molar-refractivity contribution in [3.05, 3.63) is 59.7 Å². The molecular formula is C16H18N2O. The highest BCUT2D eigenvalue weighted by molar-refractivity contribution is 5.50. The van der Waals surface area contributed by atoms with Crippen LogP contribution in [0.15, 0.2) is 48.5 Å². The number of para-hydroxylation sites is 1. The molecule has 0 saturated heterocycles. The van der Waals surface area contributed by atoms with Crippen LogP contribution < -0.4 is 15.4 Å². The van der Waals surface area contributed by atoms with E-state index in [1.165, 1.54) is 11.3 Å². The quantitative estimate of drug-likeness (QED) is 0.895. The average molecular weight is 254 g/mol. The second-order valence-corrected chi connectivity index (χ2v) is 4.75. The highest BCUT2D eigenvalue weighted by Gasteiger charge is 2.14. The average Bonchev–Trinajstić information content (AvgIpc) is 2.69. The number of rotatable bonds is 2. The summed E-state index contributed by atoms with van der Waals surface area (Å²) in [6, 6.07) is 16.7. The first-order valence-electron chi connectivity index (χ1n) is 6.61. The number of fused-ring (bicyclic) bond motifs is 1. The molecule has 1 aliphatic heterocycles. The van der Waals surface area contributed by atoms with Crippen LogP contribution in [0, 0.1) is 0 Å². The van der Waals surface area contributed by atoms with E-state index >= 15 is 0 Å². The fourth-order valence-electron chi connectivity index (χ4n) is 2.39. The van der Waals surface area contributed by atoms with Crippen LogP contribution in [0.3, 0.4) is 0 Å². The normalized spacial score (nSPS) is 14.5. The minimum Gasteiger partial charge on any atom is -0.491 e. The second-order valence-electron chi connectivity index (χ2n) is 4.75. The molecule has 0 aromatic heterocycles. The van der Waals surface area contributed by atoms with Crippen LogP contribution >= 0.6 is 0 Å². The molecular weight excluding hydrogens is 236 g/mol. The molecule has 0 bridgehead atoms. The van der Waals surface area contributed by atoms with E-state index in [-0.39, 0.29) is 0 Å². The Hall–Kier alpha value is -2.00. The first-order valence-corrected chi connectivity index (χ1v) is 6.61. The van der Waals surface area contributed by atoms with E-state index in [2.05, 4.69) is 41.3 Å². The van der Waals surface area contributed by atoms with Gasteiger partial charge in [-0.05, 0) is 23.8 Å². The number of hydrogen-bond acceptors (Lipinski definition) is 3. The molecule has 0 atom stereocenters. The summed E-state index contributed by atoms with van der Waals surface area (Å²) in [5.74, 6) is 1.00. The van der Waals surface area contributed by atoms with Crippen LogP contribution in [0.5, 0.6) is 5.75 Å². The minimum absolute atomic E-state index is 0.590. The molecule has 3 nitrogen and oxygen atoms in total. The zero-order valence-corrected chi connectivity index (χ0v) is 10.9. The van der Waals surface area contributed by atoms with Gasteiger partial charge in [0.1, 0.15) is 12.4 Å². The third kappa shape index (κ3) is 2.56. The van der Waals surface area contributed by atoms with Crippen LogP contribution in [0.1, 0.15) is 11.1 Å². The molecule has 2 aromatic carbocycles. The third-order valence-corrected chi connectivity index (χ3v) is 3.49. The first-order chi connectivity index (χ1) is 9.36. The second kappa shape index (κ2) is 5.33. The summed E-state index contributed by atoms with van der Waals surface area (Å²) in [5.41, 5.74) is 9.25. The zero-order chi connectivity index (χ0) is 13.1. The Morgan fingerprint density at radius 2 is 1.84 bits per heavy atom. The Labute approximate surface area is 113 Å². The zero-order valence-electron chi connectivity index (χ0n) is 10.9. The molecule has 2 N–H and O–H groups in total. The predicted octanol–water partition coefficient (Wildman–Crippen LogP) is 2.54. The number of nitrogens with zero attached hydrogens (tertiary/aromatic N) is 1. The van der Waals surface area contributed by atoms with Crippen molar-refractivity contribution in [3.63, 3.8) is 0 Å². The Balaban J connectivity index is 1.85. The van der Waals surface area contributed by atoms with E-state index < -0.39 is 0 Å². The lowest BCUT2D eigenvalue weighted by atomic mass is 10.1. The van der Waals surface area contributed by atoms with Crippen molar-refractivity contribution >= 4 is 5.69 Å². The summed E-state index contributed by atoms with van der Waals surface area (Å²) in [6.07, 6.45) is 0. The summed E-state index contributed by atoms with van der Waals surface area (Å²) in [6.45, 7) is 3.09. The van der Waals surface area contributed by atoms with E-state index in [4.69, 9.17) is 10.5 Å². The van der Waals surface area contributed by atoms with E-state index in [0.29, 0.717) is 6.54 Å². The van der Waals surface area contributed by atoms with Gasteiger partial charge in [-0.2, -0.15) is 0 Å². The van der Waals surface area contributed by atoms with E-state index in [1.54, 1.807) is 0 Å². The van der Waals surface area contributed by atoms with Gasteiger partial charge < -0.3 is 15.4 Å². The lowest BCUT2D eigenvalue weighted by Gasteiger charge is -2.22. The Kier molecular flexibility index (Phi) is 3.38. The molecule has 0 amide bonds. The monoisotopic (exact) mass is 254 g/mol. The Morgan fingerprint density at radius 3 is 2.63 bits per heavy atom. The number of nitrogens with two attached hydrogens (primary N) is 1. The first kappa shape index (κ1) is 12.1. The summed E-state index contributed by atoms with van der Waals surface area (Å²) >= 11 is 0. The maximum absolute atomic E-state index is 5.78. The Morgan fingerprint density at radius 1 is 1.05 bits per heavy atom. The molecule has 0 spiro atoms. The van der Waals surface area contributed by atoms with Gasteiger partial charge in [-0.1, -0.05) is 30.3 Å². The molecule has 19 heavy (non-hydrogen) atoms. The van der Waals surface area contributed by atoms with E-state index in [9.17, 15) is 0 Å². The van der Waals surface area contributed by atoms with E-state index in [1.807, 2.05) is 12.1 Å². The molecule has 3 rings (SSSR count). The summed E-state index contributed by atoms with van der Waals surface area (Å²) in [7, 11) is 0. The standard InChI is InChI=1S/C16H18N2O/c17-11-13-5-7-15(8-6-13)18-9-10-19-16-4-2-1-3-14(16)12-18/h1-8H,9-12,17H2. The lowest BCUT2D eigenvalue weighted by molar-refractivity contribution is 0.331. The number of ether oxygens (including phenoxy) is 1. The fraction of sp³-hybridized carbons (Fsp3) is 0.250. The third-order valence-electron chi connectivity index (χ3n) is 3.49. The molecule has 98 valence electrons. The van der Waals surface area contributed by atoms with Crippen LogP contribution in [0.2, 0.25) is 0 Å². The molecule has 3 heteroatoms. The van der Waals surface area contributed by atoms with Gasteiger partial charge in [0.25, 0.3) is 0 Å². The maximum atomic E-state index is 5.78. The van der Waals surface area contributed by atoms with Crippen molar-refractivity contribution in [2.45, 2.75) is 13.1 Å². The summed E-state index contributed by atoms with van der Waals surface area (Å²) < 4.78 is 5.78. The van der Waals surface area contributed by atoms with Crippen molar-refractivity contribution < 1.29 is 4.74 Å². The molecule has 0 aliphatic carbocycles. The number of anilines is 1. The number of benzene rings is 2. The maximum Gasteiger partial charge on any atom is 0.124 e. The van der Waals surface area contributed by atoms with Gasteiger partial charge in [-0.25, -0.2) is 0 Å². The topological polar surface area (TPSA) is 38.5 Å². The lowest BCUT2D eigenvalue weighted by Crippen LogP contribution is -2.25. The fourth-order valence-corrected chi connectivity index (χ4v) is 2.39. The number of hydrogen-bond donors (Lipinski definition) is 1. The van der Waals surface area contributed by atoms with Gasteiger partial charge in [-0.3, -0.25) is 0 Å². The molecule has 0 saturated carbocycles. The molecule has 0 fully saturated rings. The largest absolute Gasteiger partial charge is 0.491 e. The summed E-state index contributed by atoms with van der Waals surface area (Å²) in [5, 5.41) is 0. The summed E-state index contributed by atoms with van der Waals surface area (Å²) in [4.78, 5) is 2.34. The van der Waals surface area contributed by atoms with Crippen LogP contribution in [0.4, 0.5) is 5.69 Å². The molecule has 0 radical (unpaired) electrons. The van der Waals surface area contributed by atoms with Crippen molar-refractivity contribution in [1.82, 2.24) is 0 Å². The van der Waals surface area contributed by atoms with Gasteiger partial charge in [0.05, 0.1) is 6.54 Å². The molecule has 1 heterocycles. The molecule has 1 aliphatic rings. The van der Waals surface area contributed by atoms with Crippen LogP contribution in [0.25, 0.3) is 0 Å². The van der Waals surface area contributed by atoms with Gasteiger partial charge in [-0.15, -0.1) is 0 Å². The van der Waals surface area contributed by atoms with Crippen molar-refractivity contribution in [1.29, 1.82) is 0 Å². The van der Waals surface area contributed by atoms with Crippen LogP contribution in [-0.4, -0.2) is 13.2 Å². The van der Waals surface area contributed by atoms with Crippen LogP contribution in [-0.2, 0) is 13.1 Å². The van der Waals surface area contributed by atoms with Gasteiger partial charge in [0.2, 0.25) is 0 Å². The van der Waals surface area contributed by atoms with Crippen molar-refractivity contribution in [2.24, 2.45) is 5.73 Å². The molecule has 2 aromatic rings. The smallest absolute Gasteiger partial charge is 0.124 e. The Bertz CT molecular complexity index is 551. The highest BCUT2D eigenvalue weighted by atomic mass is 16.5. The van der Waals surface area contributed by atoms with Crippen molar-refractivity contribution in [3.8, 4) is 5.75 Å². The van der Waals surface area contributed by atoms with E-state index in [0.717, 1.165) is 31.0 Å². The molecule has 0 unspecified atom stereocenters. The van der Waals surface area contributed by atoms with Gasteiger partial charge >= 0.3 is 0 Å². The minimum atomic E-state index is 0.590.